The largest absolute Gasteiger partial charge is 0.454 e. The third-order valence-corrected chi connectivity index (χ3v) is 14.1. The first-order chi connectivity index (χ1) is 34.3. The number of aromatic nitrogens is 4. The van der Waals surface area contributed by atoms with Crippen LogP contribution in [0, 0.1) is 11.8 Å². The predicted molar refractivity (Wildman–Crippen MR) is 260 cm³/mol. The van der Waals surface area contributed by atoms with Crippen molar-refractivity contribution in [2.24, 2.45) is 11.8 Å². The second-order valence-electron chi connectivity index (χ2n) is 19.3. The van der Waals surface area contributed by atoms with Crippen molar-refractivity contribution in [2.75, 3.05) is 34.1 Å². The number of rotatable bonds is 11. The lowest BCUT2D eigenvalue weighted by molar-refractivity contribution is -0.136. The Bertz CT molecular complexity index is 3020. The second-order valence-corrected chi connectivity index (χ2v) is 19.3. The van der Waals surface area contributed by atoms with E-state index in [2.05, 4.69) is 63.1 Å². The van der Waals surface area contributed by atoms with Crippen molar-refractivity contribution < 1.29 is 47.7 Å². The molecule has 4 N–H and O–H groups in total. The summed E-state index contributed by atoms with van der Waals surface area (Å²) in [5.74, 6) is 1.61. The number of H-pyrrole nitrogens is 2. The van der Waals surface area contributed by atoms with Gasteiger partial charge in [-0.25, -0.2) is 24.4 Å². The van der Waals surface area contributed by atoms with Crippen LogP contribution in [-0.2, 0) is 36.9 Å². The van der Waals surface area contributed by atoms with E-state index >= 15 is 0 Å². The van der Waals surface area contributed by atoms with Crippen LogP contribution in [0.5, 0.6) is 11.5 Å². The highest BCUT2D eigenvalue weighted by Gasteiger charge is 2.44. The Morgan fingerprint density at radius 1 is 0.690 bits per heavy atom. The van der Waals surface area contributed by atoms with Crippen LogP contribution < -0.4 is 20.1 Å². The van der Waals surface area contributed by atoms with Gasteiger partial charge in [0.25, 0.3) is 0 Å². The van der Waals surface area contributed by atoms with Crippen LogP contribution in [0.2, 0.25) is 0 Å². The number of nitrogens with one attached hydrogen (secondary N) is 4. The molecule has 0 saturated carbocycles. The first-order valence-electron chi connectivity index (χ1n) is 24.0. The summed E-state index contributed by atoms with van der Waals surface area (Å²) in [4.78, 5) is 87.7. The molecule has 4 aromatic carbocycles. The van der Waals surface area contributed by atoms with Crippen molar-refractivity contribution in [1.29, 1.82) is 0 Å². The van der Waals surface area contributed by atoms with Gasteiger partial charge in [0.05, 0.1) is 56.6 Å². The molecule has 2 fully saturated rings. The molecule has 0 radical (unpaired) electrons. The Kier molecular flexibility index (Phi) is 12.7. The fourth-order valence-corrected chi connectivity index (χ4v) is 10.3. The number of hydrogen-bond donors (Lipinski definition) is 4. The van der Waals surface area contributed by atoms with Crippen LogP contribution in [0.1, 0.15) is 81.8 Å². The van der Waals surface area contributed by atoms with Gasteiger partial charge in [-0.1, -0.05) is 64.1 Å². The van der Waals surface area contributed by atoms with Gasteiger partial charge in [-0.05, 0) is 81.6 Å². The molecule has 370 valence electrons. The van der Waals surface area contributed by atoms with E-state index in [1.807, 2.05) is 45.9 Å². The highest BCUT2D eigenvalue weighted by Crippen LogP contribution is 2.40. The molecule has 71 heavy (non-hydrogen) atoms. The molecule has 2 unspecified atom stereocenters. The molecule has 6 heterocycles. The third-order valence-electron chi connectivity index (χ3n) is 14.1. The number of alkyl carbamates (subject to hydrolysis) is 2. The molecular weight excluding hydrogens is 911 g/mol. The molecule has 2 saturated heterocycles. The standard InChI is InChI=1S/C52H57N9O10/c1-27(2)44(57-50(64)67-5)48(62)60-15-7-8-40(60)46-53-21-38(55-46)31-11-13-36-29(16-31)9-10-30-17-32(12-14-37(30)36)39-22-54-47(56-39)41-20-35(25-61(41)49(63)45(28(3)4)58-51(65)68-6)71-52(66)59-23-33-18-42-43(70-26-69-42)19-34(33)24-59/h9-14,16-19,21-22,27-28,35,40-41,44-45H,7-8,15,20,23-26H2,1-6H3,(H,53,55)(H,54,56)(H,57,64)(H,58,65)/t35?,40-,41?,44-,45-/m0/s1. The number of carbonyl (C=O) groups is 5. The van der Waals surface area contributed by atoms with Gasteiger partial charge in [0.15, 0.2) is 11.5 Å². The zero-order chi connectivity index (χ0) is 49.7. The molecule has 4 aliphatic heterocycles. The van der Waals surface area contributed by atoms with E-state index < -0.39 is 42.5 Å². The predicted octanol–water partition coefficient (Wildman–Crippen LogP) is 7.72. The minimum atomic E-state index is -0.904. The van der Waals surface area contributed by atoms with E-state index in [4.69, 9.17) is 33.7 Å². The summed E-state index contributed by atoms with van der Waals surface area (Å²) >= 11 is 0. The maximum absolute atomic E-state index is 14.4. The molecule has 6 aromatic rings. The lowest BCUT2D eigenvalue weighted by atomic mass is 9.97. The second kappa shape index (κ2) is 19.2. The summed E-state index contributed by atoms with van der Waals surface area (Å²) in [6, 6.07) is 18.0. The summed E-state index contributed by atoms with van der Waals surface area (Å²) in [5, 5.41) is 9.58. The summed E-state index contributed by atoms with van der Waals surface area (Å²) in [6.07, 6.45) is 2.88. The SMILES string of the molecule is COC(=O)N[C@H](C(=O)N1CC(OC(=O)N2Cc3cc4c(cc3C2)OCO4)CC1c1ncc(-c2ccc3c(ccc4cc(-c5cnc([C@@H]6CCCN6C(=O)[C@@H](NC(=O)OC)C(C)C)[nH]5)ccc43)c2)[nH]1)C(C)C. The van der Waals surface area contributed by atoms with Crippen LogP contribution in [0.4, 0.5) is 14.4 Å². The number of carbonyl (C=O) groups excluding carboxylic acids is 5. The Balaban J connectivity index is 0.861. The monoisotopic (exact) mass is 967 g/mol. The van der Waals surface area contributed by atoms with Crippen LogP contribution >= 0.6 is 0 Å². The molecule has 5 atom stereocenters. The Hall–Kier alpha value is -7.83. The van der Waals surface area contributed by atoms with Gasteiger partial charge in [-0.15, -0.1) is 0 Å². The number of ether oxygens (including phenoxy) is 5. The number of hydrogen-bond acceptors (Lipinski definition) is 12. The van der Waals surface area contributed by atoms with E-state index in [0.717, 1.165) is 68.0 Å². The summed E-state index contributed by atoms with van der Waals surface area (Å²) < 4.78 is 26.8. The fraction of sp³-hybridized carbons (Fsp3) is 0.404. The van der Waals surface area contributed by atoms with Crippen molar-refractivity contribution in [3.05, 3.63) is 95.8 Å². The van der Waals surface area contributed by atoms with Gasteiger partial charge in [-0.2, -0.15) is 0 Å². The number of nitrogens with zero attached hydrogens (tertiary/aromatic N) is 5. The van der Waals surface area contributed by atoms with Gasteiger partial charge in [-0.3, -0.25) is 14.5 Å². The molecule has 0 bridgehead atoms. The van der Waals surface area contributed by atoms with Gasteiger partial charge in [0.2, 0.25) is 18.6 Å². The molecule has 4 aliphatic rings. The lowest BCUT2D eigenvalue weighted by Crippen LogP contribution is -2.51. The average Bonchev–Trinajstić information content (AvgIpc) is 4.24. The normalized spacial score (nSPS) is 19.1. The van der Waals surface area contributed by atoms with Crippen molar-refractivity contribution >= 4 is 51.6 Å². The maximum Gasteiger partial charge on any atom is 0.410 e. The van der Waals surface area contributed by atoms with Crippen LogP contribution in [-0.4, -0.2) is 117 Å². The van der Waals surface area contributed by atoms with E-state index in [9.17, 15) is 24.0 Å². The minimum absolute atomic E-state index is 0.0943. The van der Waals surface area contributed by atoms with E-state index in [1.165, 1.54) is 14.2 Å². The van der Waals surface area contributed by atoms with E-state index in [-0.39, 0.29) is 49.5 Å². The number of imidazole rings is 2. The molecule has 2 aromatic heterocycles. The van der Waals surface area contributed by atoms with E-state index in [0.29, 0.717) is 42.8 Å². The Labute approximate surface area is 409 Å². The zero-order valence-electron chi connectivity index (χ0n) is 40.4. The minimum Gasteiger partial charge on any atom is -0.454 e. The first-order valence-corrected chi connectivity index (χ1v) is 24.0. The van der Waals surface area contributed by atoms with Gasteiger partial charge in [0, 0.05) is 37.2 Å². The highest BCUT2D eigenvalue weighted by atomic mass is 16.7. The Morgan fingerprint density at radius 3 is 1.73 bits per heavy atom. The van der Waals surface area contributed by atoms with Crippen LogP contribution in [0.15, 0.2) is 73.1 Å². The number of fused-ring (bicyclic) bond motifs is 5. The first kappa shape index (κ1) is 46.9. The van der Waals surface area contributed by atoms with Crippen molar-refractivity contribution in [3.8, 4) is 34.0 Å². The number of likely N-dealkylation sites (tertiary alicyclic amines) is 2. The number of benzene rings is 4. The number of methoxy groups -OCH3 is 2. The van der Waals surface area contributed by atoms with Crippen molar-refractivity contribution in [2.45, 2.75) is 90.3 Å². The summed E-state index contributed by atoms with van der Waals surface area (Å²) in [7, 11) is 2.53. The molecule has 19 heteroatoms. The summed E-state index contributed by atoms with van der Waals surface area (Å²) in [6.45, 7) is 9.00. The molecular formula is C52H57N9O10. The van der Waals surface area contributed by atoms with Gasteiger partial charge < -0.3 is 54.1 Å². The average molecular weight is 968 g/mol. The van der Waals surface area contributed by atoms with Gasteiger partial charge >= 0.3 is 18.3 Å². The summed E-state index contributed by atoms with van der Waals surface area (Å²) in [5.41, 5.74) is 5.32. The molecule has 10 rings (SSSR count). The molecule has 0 aliphatic carbocycles. The maximum atomic E-state index is 14.4. The lowest BCUT2D eigenvalue weighted by Gasteiger charge is -2.30. The number of aromatic amines is 2. The fourth-order valence-electron chi connectivity index (χ4n) is 10.3. The van der Waals surface area contributed by atoms with Gasteiger partial charge in [0.1, 0.15) is 29.8 Å². The van der Waals surface area contributed by atoms with E-state index in [1.54, 1.807) is 27.1 Å². The molecule has 0 spiro atoms. The highest BCUT2D eigenvalue weighted by molar-refractivity contribution is 6.09. The van der Waals surface area contributed by atoms with Crippen LogP contribution in [0.25, 0.3) is 44.1 Å². The zero-order valence-corrected chi connectivity index (χ0v) is 40.4. The quantitative estimate of drug-likeness (QED) is 0.0724. The van der Waals surface area contributed by atoms with Crippen molar-refractivity contribution in [3.63, 3.8) is 0 Å². The third kappa shape index (κ3) is 9.11. The molecule has 19 nitrogen and oxygen atoms in total. The Morgan fingerprint density at radius 2 is 1.21 bits per heavy atom. The van der Waals surface area contributed by atoms with Crippen molar-refractivity contribution in [1.82, 2.24) is 45.3 Å². The topological polar surface area (TPSA) is 223 Å². The molecule has 5 amide bonds. The smallest absolute Gasteiger partial charge is 0.410 e. The van der Waals surface area contributed by atoms with Crippen LogP contribution in [0.3, 0.4) is 0 Å². The number of amides is 5.